The lowest BCUT2D eigenvalue weighted by Gasteiger charge is -2.27. The Balaban J connectivity index is 1.23. The van der Waals surface area contributed by atoms with Crippen molar-refractivity contribution in [2.24, 2.45) is 0 Å². The number of hydroxylamine groups is 2. The number of rotatable bonds is 20. The van der Waals surface area contributed by atoms with Crippen LogP contribution < -0.4 is 4.90 Å². The summed E-state index contributed by atoms with van der Waals surface area (Å²) in [6, 6.07) is 12.8. The predicted octanol–water partition coefficient (Wildman–Crippen LogP) is 5.22. The average molecular weight is 1140 g/mol. The molecule has 4 N–H and O–H groups in total. The maximum Gasteiger partial charge on any atom is 0.333 e. The minimum atomic E-state index is -5.04. The Labute approximate surface area is 434 Å². The molecule has 3 heterocycles. The molecule has 0 spiro atoms. The Morgan fingerprint density at radius 3 is 1.96 bits per heavy atom. The van der Waals surface area contributed by atoms with Crippen molar-refractivity contribution in [1.82, 2.24) is 9.37 Å². The van der Waals surface area contributed by atoms with E-state index in [9.17, 15) is 74.7 Å². The smallest absolute Gasteiger partial charge is 0.333 e. The van der Waals surface area contributed by atoms with Gasteiger partial charge in [-0.15, -0.1) is 5.06 Å². The molecule has 4 aromatic carbocycles. The van der Waals surface area contributed by atoms with Gasteiger partial charge in [0.2, 0.25) is 15.7 Å². The molecular formula is C48H55N4O18S5+. The van der Waals surface area contributed by atoms with E-state index in [2.05, 4.69) is 0 Å². The lowest BCUT2D eigenvalue weighted by atomic mass is 9.79. The number of carbonyl (C=O) groups excluding carboxylic acids is 3. The van der Waals surface area contributed by atoms with Crippen molar-refractivity contribution in [3.63, 3.8) is 0 Å². The summed E-state index contributed by atoms with van der Waals surface area (Å²) >= 11 is 0. The molecule has 3 aliphatic heterocycles. The number of carbonyl (C=O) groups is 3. The number of benzene rings is 4. The Bertz CT molecular complexity index is 3770. The van der Waals surface area contributed by atoms with E-state index in [0.717, 1.165) is 10.4 Å². The van der Waals surface area contributed by atoms with Crippen LogP contribution in [0.1, 0.15) is 77.3 Å². The van der Waals surface area contributed by atoms with Gasteiger partial charge in [-0.1, -0.05) is 50.3 Å². The molecule has 0 atom stereocenters. The summed E-state index contributed by atoms with van der Waals surface area (Å²) in [5.74, 6) is -3.33. The summed E-state index contributed by atoms with van der Waals surface area (Å²) in [5.41, 5.74) is 1.32. The van der Waals surface area contributed by atoms with Gasteiger partial charge in [-0.25, -0.2) is 17.5 Å². The molecule has 22 nitrogen and oxygen atoms in total. The van der Waals surface area contributed by atoms with Crippen molar-refractivity contribution >= 4 is 107 Å². The van der Waals surface area contributed by atoms with Crippen molar-refractivity contribution < 1.29 is 84.1 Å². The van der Waals surface area contributed by atoms with Crippen LogP contribution in [0.2, 0.25) is 0 Å². The molecule has 75 heavy (non-hydrogen) atoms. The van der Waals surface area contributed by atoms with Crippen molar-refractivity contribution in [2.45, 2.75) is 91.7 Å². The summed E-state index contributed by atoms with van der Waals surface area (Å²) in [4.78, 5) is 41.3. The summed E-state index contributed by atoms with van der Waals surface area (Å²) < 4.78 is 168. The Kier molecular flexibility index (Phi) is 15.7. The van der Waals surface area contributed by atoms with E-state index >= 15 is 0 Å². The number of nitrogens with zero attached hydrogens (tertiary/aromatic N) is 4. The summed E-state index contributed by atoms with van der Waals surface area (Å²) in [6.45, 7) is 7.30. The second kappa shape index (κ2) is 20.7. The summed E-state index contributed by atoms with van der Waals surface area (Å²) in [6.07, 6.45) is 7.98. The minimum absolute atomic E-state index is 0.0000475. The fourth-order valence-electron chi connectivity index (χ4n) is 10.0. The lowest BCUT2D eigenvalue weighted by Crippen LogP contribution is -2.32. The largest absolute Gasteiger partial charge is 0.344 e. The van der Waals surface area contributed by atoms with Gasteiger partial charge in [0.1, 0.15) is 11.4 Å². The molecule has 3 aliphatic rings. The maximum absolute atomic E-state index is 14.2. The molecule has 27 heteroatoms. The molecule has 4 aromatic rings. The monoisotopic (exact) mass is 1140 g/mol. The van der Waals surface area contributed by atoms with Crippen molar-refractivity contribution in [2.75, 3.05) is 43.1 Å². The van der Waals surface area contributed by atoms with Crippen molar-refractivity contribution in [1.29, 1.82) is 0 Å². The van der Waals surface area contributed by atoms with Gasteiger partial charge in [0.15, 0.2) is 5.71 Å². The normalized spacial score (nSPS) is 17.8. The molecule has 0 saturated carbocycles. The first-order chi connectivity index (χ1) is 34.7. The topological polar surface area (TPSA) is 325 Å². The molecule has 1 fully saturated rings. The molecule has 2 amide bonds. The van der Waals surface area contributed by atoms with Gasteiger partial charge in [0.05, 0.1) is 26.7 Å². The summed E-state index contributed by atoms with van der Waals surface area (Å²) in [7, 11) is -21.6. The third kappa shape index (κ3) is 11.8. The molecule has 7 rings (SSSR count). The molecule has 0 unspecified atom stereocenters. The van der Waals surface area contributed by atoms with Gasteiger partial charge in [0.25, 0.3) is 52.3 Å². The second-order valence-corrected chi connectivity index (χ2v) is 27.2. The van der Waals surface area contributed by atoms with Crippen molar-refractivity contribution in [3.8, 4) is 0 Å². The van der Waals surface area contributed by atoms with Crippen LogP contribution in [0, 0.1) is 0 Å². The van der Waals surface area contributed by atoms with Crippen LogP contribution in [0.15, 0.2) is 105 Å². The molecule has 0 aromatic heterocycles. The zero-order valence-electron chi connectivity index (χ0n) is 41.2. The van der Waals surface area contributed by atoms with Crippen LogP contribution >= 0.6 is 0 Å². The first kappa shape index (κ1) is 57.0. The number of amides is 2. The van der Waals surface area contributed by atoms with E-state index in [-0.39, 0.29) is 73.8 Å². The fourth-order valence-corrected chi connectivity index (χ4v) is 13.7. The highest BCUT2D eigenvalue weighted by Gasteiger charge is 2.47. The van der Waals surface area contributed by atoms with Gasteiger partial charge in [-0.05, 0) is 79.4 Å². The molecular weight excluding hydrogens is 1080 g/mol. The van der Waals surface area contributed by atoms with E-state index < -0.39 is 100 Å². The highest BCUT2D eigenvalue weighted by molar-refractivity contribution is 7.89. The van der Waals surface area contributed by atoms with Crippen LogP contribution in [-0.2, 0) is 80.5 Å². The number of fused-ring (bicyclic) bond motifs is 6. The first-order valence-electron chi connectivity index (χ1n) is 23.2. The SMILES string of the molecule is CN(CCCC(=O)ON1C(=O)CCC1=O)S(=O)(=O)c1cccc2c3c(ccc12)N(CCCS(=O)(=O)O)/C(=C/C=C/C=C/C1=[N+](CCCS(=O)(=O)O)c2ccc4c(S(=O)(=O)O)cc(S(=O)(=O)O)cc4c2C1(C)C)C3(C)C. The molecule has 0 radical (unpaired) electrons. The standard InChI is InChI=1S/C48H54N4O18S5/c1-47(2)40(15-7-6-8-16-41-48(3,4)46-35-29-31(74(64,65)66)30-39(75(67,68)69)33(35)19-21-37(46)51(41)26-12-28-72(59,60)61)50(25-11-27-71(56,57)58)36-20-18-32-34(45(36)47)13-9-14-38(32)73(62,63)49(5)24-10-17-44(55)70-52-42(53)22-23-43(52)54/h6-9,13-16,18-21,29-30H,10-12,17,22-28H2,1-5H3,(H3-,56,57,58,59,60,61,64,65,66,67,68,69)/p+1. The van der Waals surface area contributed by atoms with Gasteiger partial charge >= 0.3 is 5.97 Å². The van der Waals surface area contributed by atoms with Crippen LogP contribution in [0.4, 0.5) is 11.4 Å². The van der Waals surface area contributed by atoms with E-state index in [0.29, 0.717) is 55.8 Å². The number of hydrogen-bond donors (Lipinski definition) is 4. The molecule has 0 bridgehead atoms. The van der Waals surface area contributed by atoms with Crippen LogP contribution in [0.25, 0.3) is 21.5 Å². The number of anilines is 1. The van der Waals surface area contributed by atoms with Gasteiger partial charge in [-0.3, -0.25) is 27.8 Å². The third-order valence-corrected chi connectivity index (χ3v) is 18.6. The zero-order valence-corrected chi connectivity index (χ0v) is 45.3. The van der Waals surface area contributed by atoms with E-state index in [1.165, 1.54) is 25.2 Å². The Hall–Kier alpha value is -5.75. The Morgan fingerprint density at radius 1 is 0.707 bits per heavy atom. The van der Waals surface area contributed by atoms with Crippen LogP contribution in [0.5, 0.6) is 0 Å². The highest BCUT2D eigenvalue weighted by atomic mass is 32.2. The predicted molar refractivity (Wildman–Crippen MR) is 275 cm³/mol. The van der Waals surface area contributed by atoms with Crippen LogP contribution in [-0.4, -0.2) is 136 Å². The van der Waals surface area contributed by atoms with Crippen LogP contribution in [0.3, 0.4) is 0 Å². The zero-order chi connectivity index (χ0) is 55.4. The van der Waals surface area contributed by atoms with Gasteiger partial charge in [-0.2, -0.15) is 38.2 Å². The van der Waals surface area contributed by atoms with E-state index in [1.807, 2.05) is 18.7 Å². The highest BCUT2D eigenvalue weighted by Crippen LogP contribution is 2.52. The lowest BCUT2D eigenvalue weighted by molar-refractivity contribution is -0.437. The third-order valence-electron chi connectivity index (χ3n) is 13.4. The minimum Gasteiger partial charge on any atom is -0.344 e. The van der Waals surface area contributed by atoms with E-state index in [4.69, 9.17) is 4.84 Å². The maximum atomic E-state index is 14.2. The number of imide groups is 1. The molecule has 0 aliphatic carbocycles. The van der Waals surface area contributed by atoms with Gasteiger partial charge in [0, 0.05) is 91.1 Å². The quantitative estimate of drug-likeness (QED) is 0.0381. The van der Waals surface area contributed by atoms with Gasteiger partial charge < -0.3 is 9.74 Å². The number of sulfonamides is 1. The number of allylic oxidation sites excluding steroid dienone is 6. The number of hydrogen-bond acceptors (Lipinski definition) is 15. The Morgan fingerprint density at radius 2 is 1.33 bits per heavy atom. The fraction of sp³-hybridized carbons (Fsp3) is 0.375. The molecule has 1 saturated heterocycles. The van der Waals surface area contributed by atoms with Crippen molar-refractivity contribution in [3.05, 3.63) is 102 Å². The first-order valence-corrected chi connectivity index (χ1v) is 30.7. The average Bonchev–Trinajstić information content (AvgIpc) is 3.81. The second-order valence-electron chi connectivity index (χ2n) is 19.2. The summed E-state index contributed by atoms with van der Waals surface area (Å²) in [5, 5.41) is 1.35. The van der Waals surface area contributed by atoms with E-state index in [1.54, 1.807) is 73.1 Å². The molecule has 404 valence electrons.